The van der Waals surface area contributed by atoms with Crippen LogP contribution in [-0.2, 0) is 59.8 Å². The minimum Gasteiger partial charge on any atom is -0.507 e. The predicted molar refractivity (Wildman–Crippen MR) is 285 cm³/mol. The quantitative estimate of drug-likeness (QED) is 0.0703. The molecule has 7 aliphatic rings. The standard InChI is InChI=1S/C59H67N7O10/c1-38-50(37-49(62-61-38)43-10-2-3-13-51(43)67)63-22-24-64(25-23-63)52(68)16-26-71-28-30-73-32-33-74-31-29-72-27-17-60-57(69)41-14-15-42-46(36-41)59(76-58(42)70)47-34-39-8-4-18-65-20-6-11-44(53(39)65)55(47)75-56-45-12-7-21-66-19-5-9-40(54(45)66)35-48(56)59/h2-3,10,13-15,34-37,67H,4-9,11-12,16-33H2,1H3,(H,60,69). The Morgan fingerprint density at radius 2 is 1.24 bits per heavy atom. The van der Waals surface area contributed by atoms with E-state index in [0.29, 0.717) is 120 Å². The Kier molecular flexibility index (Phi) is 14.3. The van der Waals surface area contributed by atoms with Gasteiger partial charge in [-0.2, -0.15) is 5.10 Å². The van der Waals surface area contributed by atoms with Crippen LogP contribution in [0.2, 0.25) is 0 Å². The number of para-hydroxylation sites is 1. The summed E-state index contributed by atoms with van der Waals surface area (Å²) in [6, 6.07) is 18.9. The van der Waals surface area contributed by atoms with Crippen LogP contribution >= 0.6 is 0 Å². The van der Waals surface area contributed by atoms with E-state index in [2.05, 4.69) is 42.3 Å². The van der Waals surface area contributed by atoms with E-state index in [4.69, 9.17) is 28.4 Å². The molecule has 8 heterocycles. The largest absolute Gasteiger partial charge is 0.507 e. The summed E-state index contributed by atoms with van der Waals surface area (Å²) in [5.41, 5.74) is 12.7. The van der Waals surface area contributed by atoms with Crippen LogP contribution in [-0.4, -0.2) is 150 Å². The van der Waals surface area contributed by atoms with Crippen LogP contribution in [0.5, 0.6) is 17.2 Å². The molecule has 1 aromatic heterocycles. The van der Waals surface area contributed by atoms with Gasteiger partial charge in [-0.05, 0) is 118 Å². The summed E-state index contributed by atoms with van der Waals surface area (Å²) in [5.74, 6) is 1.21. The van der Waals surface area contributed by atoms with Crippen molar-refractivity contribution in [2.24, 2.45) is 0 Å². The van der Waals surface area contributed by atoms with E-state index >= 15 is 0 Å². The first-order valence-electron chi connectivity index (χ1n) is 27.5. The second-order valence-electron chi connectivity index (χ2n) is 20.8. The number of rotatable bonds is 18. The first kappa shape index (κ1) is 50.1. The lowest BCUT2D eigenvalue weighted by Crippen LogP contribution is -2.49. The van der Waals surface area contributed by atoms with Crippen molar-refractivity contribution in [3.63, 3.8) is 0 Å². The van der Waals surface area contributed by atoms with E-state index in [1.54, 1.807) is 24.3 Å². The van der Waals surface area contributed by atoms with Crippen molar-refractivity contribution in [1.29, 1.82) is 0 Å². The first-order valence-corrected chi connectivity index (χ1v) is 27.5. The summed E-state index contributed by atoms with van der Waals surface area (Å²) in [5, 5.41) is 22.0. The molecule has 1 saturated heterocycles. The molecule has 12 rings (SSSR count). The Morgan fingerprint density at radius 3 is 1.87 bits per heavy atom. The molecule has 0 aliphatic carbocycles. The van der Waals surface area contributed by atoms with Crippen LogP contribution in [0.3, 0.4) is 0 Å². The Morgan fingerprint density at radius 1 is 0.645 bits per heavy atom. The van der Waals surface area contributed by atoms with E-state index < -0.39 is 5.60 Å². The Hall–Kier alpha value is -6.79. The van der Waals surface area contributed by atoms with E-state index in [0.717, 1.165) is 112 Å². The van der Waals surface area contributed by atoms with Gasteiger partial charge in [0.05, 0.1) is 81.9 Å². The molecule has 17 heteroatoms. The molecule has 0 saturated carbocycles. The number of anilines is 3. The number of carbonyl (C=O) groups is 3. The number of carbonyl (C=O) groups excluding carboxylic acids is 3. The molecule has 398 valence electrons. The summed E-state index contributed by atoms with van der Waals surface area (Å²) >= 11 is 0. The van der Waals surface area contributed by atoms with Crippen molar-refractivity contribution < 1.29 is 47.9 Å². The van der Waals surface area contributed by atoms with Gasteiger partial charge in [0.2, 0.25) is 5.91 Å². The first-order chi connectivity index (χ1) is 37.3. The number of amides is 2. The summed E-state index contributed by atoms with van der Waals surface area (Å²) in [7, 11) is 0. The van der Waals surface area contributed by atoms with E-state index in [9.17, 15) is 19.5 Å². The van der Waals surface area contributed by atoms with Gasteiger partial charge in [-0.1, -0.05) is 12.1 Å². The van der Waals surface area contributed by atoms with Gasteiger partial charge in [-0.3, -0.25) is 9.59 Å². The number of nitrogens with zero attached hydrogens (tertiary/aromatic N) is 6. The third kappa shape index (κ3) is 9.38. The van der Waals surface area contributed by atoms with Crippen molar-refractivity contribution in [3.05, 3.63) is 116 Å². The number of ether oxygens (including phenoxy) is 6. The fourth-order valence-electron chi connectivity index (χ4n) is 12.7. The fourth-order valence-corrected chi connectivity index (χ4v) is 12.7. The van der Waals surface area contributed by atoms with Crippen LogP contribution in [0.4, 0.5) is 17.1 Å². The lowest BCUT2D eigenvalue weighted by Gasteiger charge is -2.45. The topological polar surface area (TPSA) is 178 Å². The molecule has 1 spiro atoms. The van der Waals surface area contributed by atoms with Crippen molar-refractivity contribution in [2.75, 3.05) is 126 Å². The van der Waals surface area contributed by atoms with Crippen molar-refractivity contribution in [3.8, 4) is 28.5 Å². The SMILES string of the molecule is Cc1nnc(-c2ccccc2O)cc1N1CCN(C(=O)CCOCCOCCOCCOCCNC(=O)c2ccc3c(c2)C2(OC3=O)c3cc4c5c(c3Oc3c2cc2c6c3CCCN6CCC2)CCCN5CCC4)CC1. The number of nitrogens with one attached hydrogen (secondary N) is 1. The number of aryl methyl sites for hydroxylation is 3. The number of piperazine rings is 1. The van der Waals surface area contributed by atoms with E-state index in [-0.39, 0.29) is 23.5 Å². The Bertz CT molecular complexity index is 2960. The molecule has 0 bridgehead atoms. The lowest BCUT2D eigenvalue weighted by atomic mass is 9.72. The molecular formula is C59H67N7O10. The van der Waals surface area contributed by atoms with E-state index in [1.807, 2.05) is 36.1 Å². The second-order valence-corrected chi connectivity index (χ2v) is 20.8. The average Bonchev–Trinajstić information content (AvgIpc) is 3.92. The molecule has 0 unspecified atom stereocenters. The third-order valence-corrected chi connectivity index (χ3v) is 16.2. The summed E-state index contributed by atoms with van der Waals surface area (Å²) in [6.45, 7) is 11.8. The van der Waals surface area contributed by atoms with Gasteiger partial charge in [-0.15, -0.1) is 5.10 Å². The lowest BCUT2D eigenvalue weighted by molar-refractivity contribution is -0.132. The molecule has 5 aromatic rings. The number of phenolic OH excluding ortho intramolecular Hbond substituents is 1. The summed E-state index contributed by atoms with van der Waals surface area (Å²) in [4.78, 5) is 50.1. The van der Waals surface area contributed by atoms with Crippen molar-refractivity contribution in [2.45, 2.75) is 70.3 Å². The highest BCUT2D eigenvalue weighted by molar-refractivity contribution is 6.01. The fraction of sp³-hybridized carbons (Fsp3) is 0.475. The maximum absolute atomic E-state index is 14.2. The molecule has 17 nitrogen and oxygen atoms in total. The molecule has 2 amide bonds. The van der Waals surface area contributed by atoms with Gasteiger partial charge in [0.25, 0.3) is 5.91 Å². The molecule has 1 fully saturated rings. The molecule has 0 atom stereocenters. The highest BCUT2D eigenvalue weighted by atomic mass is 16.6. The third-order valence-electron chi connectivity index (χ3n) is 16.2. The minimum absolute atomic E-state index is 0.0596. The van der Waals surface area contributed by atoms with Crippen LogP contribution in [0.15, 0.2) is 60.7 Å². The van der Waals surface area contributed by atoms with Crippen LogP contribution in [0.25, 0.3) is 11.3 Å². The van der Waals surface area contributed by atoms with Gasteiger partial charge < -0.3 is 58.4 Å². The van der Waals surface area contributed by atoms with Gasteiger partial charge in [-0.25, -0.2) is 4.79 Å². The van der Waals surface area contributed by atoms with Crippen LogP contribution in [0, 0.1) is 6.92 Å². The van der Waals surface area contributed by atoms with Crippen LogP contribution < -0.4 is 24.8 Å². The van der Waals surface area contributed by atoms with E-state index in [1.165, 1.54) is 33.6 Å². The number of aromatic nitrogens is 2. The maximum atomic E-state index is 14.2. The summed E-state index contributed by atoms with van der Waals surface area (Å²) < 4.78 is 36.9. The minimum atomic E-state index is -1.26. The Balaban J connectivity index is 0.582. The molecule has 2 N–H and O–H groups in total. The molecular weight excluding hydrogens is 967 g/mol. The molecule has 4 aromatic carbocycles. The number of aromatic hydroxyl groups is 1. The zero-order chi connectivity index (χ0) is 51.8. The number of phenols is 1. The monoisotopic (exact) mass is 1030 g/mol. The number of benzene rings is 4. The van der Waals surface area contributed by atoms with Crippen LogP contribution in [0.1, 0.15) is 97.5 Å². The zero-order valence-corrected chi connectivity index (χ0v) is 43.5. The molecule has 0 radical (unpaired) electrons. The highest BCUT2D eigenvalue weighted by Gasteiger charge is 2.56. The van der Waals surface area contributed by atoms with Gasteiger partial charge >= 0.3 is 5.97 Å². The van der Waals surface area contributed by atoms with Crippen molar-refractivity contribution >= 4 is 34.8 Å². The average molecular weight is 1030 g/mol. The van der Waals surface area contributed by atoms with Gasteiger partial charge in [0, 0.05) is 109 Å². The predicted octanol–water partition coefficient (Wildman–Crippen LogP) is 6.66. The zero-order valence-electron chi connectivity index (χ0n) is 43.5. The number of hydrogen-bond donors (Lipinski definition) is 2. The molecule has 76 heavy (non-hydrogen) atoms. The number of fused-ring (bicyclic) bond motifs is 8. The Labute approximate surface area is 443 Å². The van der Waals surface area contributed by atoms with Gasteiger partial charge in [0.1, 0.15) is 17.2 Å². The van der Waals surface area contributed by atoms with Crippen molar-refractivity contribution in [1.82, 2.24) is 20.4 Å². The second kappa shape index (κ2) is 21.7. The number of hydrogen-bond acceptors (Lipinski definition) is 15. The van der Waals surface area contributed by atoms with Gasteiger partial charge in [0.15, 0.2) is 5.60 Å². The molecule has 7 aliphatic heterocycles. The normalized spacial score (nSPS) is 17.6. The maximum Gasteiger partial charge on any atom is 0.340 e. The highest BCUT2D eigenvalue weighted by Crippen LogP contribution is 2.62. The smallest absolute Gasteiger partial charge is 0.340 e. The number of esters is 1. The summed E-state index contributed by atoms with van der Waals surface area (Å²) in [6.07, 6.45) is 8.22.